The summed E-state index contributed by atoms with van der Waals surface area (Å²) in [4.78, 5) is 0. The molecule has 0 fully saturated rings. The zero-order chi connectivity index (χ0) is 10.6. The van der Waals surface area contributed by atoms with E-state index in [4.69, 9.17) is 16.3 Å². The zero-order valence-corrected chi connectivity index (χ0v) is 9.27. The molecule has 14 heavy (non-hydrogen) atoms. The second-order valence-corrected chi connectivity index (χ2v) is 3.32. The van der Waals surface area contributed by atoms with Gasteiger partial charge in [0.25, 0.3) is 0 Å². The molecule has 0 N–H and O–H groups in total. The number of hydrogen-bond acceptors (Lipinski definition) is 1. The summed E-state index contributed by atoms with van der Waals surface area (Å²) in [5.74, 6) is 1.78. The smallest absolute Gasteiger partial charge is 0.138 e. The van der Waals surface area contributed by atoms with Gasteiger partial charge in [-0.25, -0.2) is 0 Å². The highest BCUT2D eigenvalue weighted by molar-refractivity contribution is 6.33. The number of hydrogen-bond donors (Lipinski definition) is 0. The summed E-state index contributed by atoms with van der Waals surface area (Å²) in [5, 5.41) is 0.659. The lowest BCUT2D eigenvalue weighted by molar-refractivity contribution is 0.340. The van der Waals surface area contributed by atoms with Gasteiger partial charge in [-0.3, -0.25) is 0 Å². The van der Waals surface area contributed by atoms with Crippen LogP contribution in [-0.4, -0.2) is 6.61 Å². The molecule has 0 saturated heterocycles. The Labute approximate surface area is 90.3 Å². The molecule has 0 heterocycles. The number of benzene rings is 1. The van der Waals surface area contributed by atoms with Gasteiger partial charge in [0.15, 0.2) is 0 Å². The minimum absolute atomic E-state index is 0.621. The van der Waals surface area contributed by atoms with Crippen LogP contribution in [0.5, 0.6) is 5.75 Å². The monoisotopic (exact) mass is 209 g/mol. The second-order valence-electron chi connectivity index (χ2n) is 2.94. The van der Waals surface area contributed by atoms with E-state index in [-0.39, 0.29) is 0 Å². The number of allylic oxidation sites excluding steroid dienone is 1. The van der Waals surface area contributed by atoms with Crippen molar-refractivity contribution >= 4 is 11.6 Å². The van der Waals surface area contributed by atoms with Crippen LogP contribution in [0.1, 0.15) is 19.4 Å². The van der Waals surface area contributed by atoms with E-state index in [1.807, 2.05) is 32.0 Å². The fraction of sp³-hybridized carbons (Fsp3) is 0.250. The Hall–Kier alpha value is -0.950. The molecule has 0 unspecified atom stereocenters. The van der Waals surface area contributed by atoms with Crippen molar-refractivity contribution in [2.75, 3.05) is 6.61 Å². The molecule has 0 spiro atoms. The van der Waals surface area contributed by atoms with Crippen LogP contribution in [-0.2, 0) is 0 Å². The summed E-state index contributed by atoms with van der Waals surface area (Å²) in [6.45, 7) is 8.25. The molecule has 75 valence electrons. The Bertz CT molecular complexity index is 320. The molecule has 1 radical (unpaired) electrons. The second kappa shape index (κ2) is 5.06. The van der Waals surface area contributed by atoms with Gasteiger partial charge in [-0.05, 0) is 18.6 Å². The van der Waals surface area contributed by atoms with E-state index >= 15 is 0 Å². The third-order valence-corrected chi connectivity index (χ3v) is 2.38. The van der Waals surface area contributed by atoms with Crippen LogP contribution in [0.15, 0.2) is 30.9 Å². The first-order valence-electron chi connectivity index (χ1n) is 4.58. The van der Waals surface area contributed by atoms with E-state index in [9.17, 15) is 0 Å². The summed E-state index contributed by atoms with van der Waals surface area (Å²) in [7, 11) is 0. The molecule has 2 heteroatoms. The molecule has 0 saturated carbocycles. The lowest BCUT2D eigenvalue weighted by Gasteiger charge is -2.12. The van der Waals surface area contributed by atoms with Crippen molar-refractivity contribution in [3.8, 4) is 5.75 Å². The van der Waals surface area contributed by atoms with Crippen LogP contribution in [0.3, 0.4) is 0 Å². The summed E-state index contributed by atoms with van der Waals surface area (Å²) < 4.78 is 5.39. The predicted octanol–water partition coefficient (Wildman–Crippen LogP) is 3.87. The van der Waals surface area contributed by atoms with Crippen LogP contribution in [0.4, 0.5) is 0 Å². The largest absolute Gasteiger partial charge is 0.492 e. The molecule has 0 aliphatic heterocycles. The SMILES string of the molecule is C=C[C](C)c1cccc(OCC)c1Cl. The lowest BCUT2D eigenvalue weighted by atomic mass is 10.0. The molecule has 0 atom stereocenters. The van der Waals surface area contributed by atoms with Gasteiger partial charge in [0.1, 0.15) is 5.75 Å². The van der Waals surface area contributed by atoms with E-state index in [0.29, 0.717) is 11.6 Å². The normalized spacial score (nSPS) is 10.3. The zero-order valence-electron chi connectivity index (χ0n) is 8.51. The minimum atomic E-state index is 0.621. The molecule has 1 rings (SSSR count). The van der Waals surface area contributed by atoms with Gasteiger partial charge in [-0.1, -0.05) is 36.7 Å². The first kappa shape index (κ1) is 11.1. The third-order valence-electron chi connectivity index (χ3n) is 1.99. The van der Waals surface area contributed by atoms with Crippen molar-refractivity contribution in [1.82, 2.24) is 0 Å². The van der Waals surface area contributed by atoms with Crippen LogP contribution < -0.4 is 4.74 Å². The molecule has 0 aliphatic carbocycles. The molecule has 1 aromatic rings. The highest BCUT2D eigenvalue weighted by Gasteiger charge is 2.10. The van der Waals surface area contributed by atoms with Crippen molar-refractivity contribution < 1.29 is 4.74 Å². The Kier molecular flexibility index (Phi) is 4.02. The van der Waals surface area contributed by atoms with Gasteiger partial charge in [-0.2, -0.15) is 0 Å². The highest BCUT2D eigenvalue weighted by Crippen LogP contribution is 2.32. The standard InChI is InChI=1S/C12H14ClO/c1-4-9(3)10-7-6-8-11(12(10)13)14-5-2/h4,6-8H,1,5H2,2-3H3. The fourth-order valence-electron chi connectivity index (χ4n) is 1.19. The topological polar surface area (TPSA) is 9.23 Å². The maximum Gasteiger partial charge on any atom is 0.138 e. The summed E-state index contributed by atoms with van der Waals surface area (Å²) in [6, 6.07) is 5.76. The number of ether oxygens (including phenoxy) is 1. The Morgan fingerprint density at radius 1 is 1.57 bits per heavy atom. The van der Waals surface area contributed by atoms with Crippen LogP contribution >= 0.6 is 11.6 Å². The minimum Gasteiger partial charge on any atom is -0.492 e. The maximum absolute atomic E-state index is 6.17. The van der Waals surface area contributed by atoms with Crippen LogP contribution in [0.2, 0.25) is 5.02 Å². The average Bonchev–Trinajstić information content (AvgIpc) is 2.20. The number of halogens is 1. The Morgan fingerprint density at radius 2 is 2.29 bits per heavy atom. The van der Waals surface area contributed by atoms with E-state index in [1.54, 1.807) is 6.08 Å². The first-order valence-corrected chi connectivity index (χ1v) is 4.96. The summed E-state index contributed by atoms with van der Waals surface area (Å²) in [5.41, 5.74) is 0.979. The molecule has 0 aliphatic rings. The Morgan fingerprint density at radius 3 is 2.86 bits per heavy atom. The van der Waals surface area contributed by atoms with Crippen molar-refractivity contribution in [3.63, 3.8) is 0 Å². The van der Waals surface area contributed by atoms with Crippen LogP contribution in [0, 0.1) is 5.92 Å². The predicted molar refractivity (Wildman–Crippen MR) is 60.8 cm³/mol. The van der Waals surface area contributed by atoms with E-state index in [0.717, 1.165) is 17.2 Å². The third kappa shape index (κ3) is 2.30. The van der Waals surface area contributed by atoms with Crippen molar-refractivity contribution in [2.24, 2.45) is 0 Å². The molecular weight excluding hydrogens is 196 g/mol. The fourth-order valence-corrected chi connectivity index (χ4v) is 1.52. The molecular formula is C12H14ClO. The van der Waals surface area contributed by atoms with Gasteiger partial charge in [0.2, 0.25) is 0 Å². The van der Waals surface area contributed by atoms with Gasteiger partial charge in [-0.15, -0.1) is 6.58 Å². The maximum atomic E-state index is 6.17. The summed E-state index contributed by atoms with van der Waals surface area (Å²) >= 11 is 6.17. The molecule has 1 nitrogen and oxygen atoms in total. The van der Waals surface area contributed by atoms with Gasteiger partial charge in [0, 0.05) is 5.92 Å². The quantitative estimate of drug-likeness (QED) is 0.732. The van der Waals surface area contributed by atoms with Crippen molar-refractivity contribution in [3.05, 3.63) is 47.4 Å². The molecule has 1 aromatic carbocycles. The Balaban J connectivity index is 3.06. The highest BCUT2D eigenvalue weighted by atomic mass is 35.5. The van der Waals surface area contributed by atoms with Gasteiger partial charge >= 0.3 is 0 Å². The number of rotatable bonds is 4. The van der Waals surface area contributed by atoms with Crippen molar-refractivity contribution in [2.45, 2.75) is 13.8 Å². The van der Waals surface area contributed by atoms with E-state index in [1.165, 1.54) is 0 Å². The summed E-state index contributed by atoms with van der Waals surface area (Å²) in [6.07, 6.45) is 1.79. The molecule has 0 amide bonds. The average molecular weight is 210 g/mol. The van der Waals surface area contributed by atoms with E-state index in [2.05, 4.69) is 6.58 Å². The van der Waals surface area contributed by atoms with E-state index < -0.39 is 0 Å². The van der Waals surface area contributed by atoms with Gasteiger partial charge in [0.05, 0.1) is 11.6 Å². The van der Waals surface area contributed by atoms with Gasteiger partial charge < -0.3 is 4.74 Å². The van der Waals surface area contributed by atoms with Crippen molar-refractivity contribution in [1.29, 1.82) is 0 Å². The first-order chi connectivity index (χ1) is 6.70. The molecule has 0 bridgehead atoms. The molecule has 0 aromatic heterocycles. The lowest BCUT2D eigenvalue weighted by Crippen LogP contribution is -1.96. The van der Waals surface area contributed by atoms with Crippen LogP contribution in [0.25, 0.3) is 0 Å².